The van der Waals surface area contributed by atoms with Gasteiger partial charge in [-0.1, -0.05) is 12.1 Å². The van der Waals surface area contributed by atoms with Gasteiger partial charge in [0.05, 0.1) is 0 Å². The summed E-state index contributed by atoms with van der Waals surface area (Å²) in [7, 11) is 0. The quantitative estimate of drug-likeness (QED) is 0.829. The highest BCUT2D eigenvalue weighted by atomic mass is 19.4. The Labute approximate surface area is 132 Å². The fourth-order valence-electron chi connectivity index (χ4n) is 2.96. The van der Waals surface area contributed by atoms with Crippen LogP contribution >= 0.6 is 0 Å². The van der Waals surface area contributed by atoms with Crippen molar-refractivity contribution in [1.29, 1.82) is 0 Å². The van der Waals surface area contributed by atoms with E-state index in [-0.39, 0.29) is 23.6 Å². The van der Waals surface area contributed by atoms with Crippen LogP contribution in [-0.4, -0.2) is 24.2 Å². The number of amides is 1. The summed E-state index contributed by atoms with van der Waals surface area (Å²) in [5.41, 5.74) is 0.00267. The standard InChI is InChI=1S/C16H20F4N2O/c1-10(23)21-13-6-8-14(9-7-13)22-15(16(18,19)20)11-2-4-12(17)5-3-11/h2-5,13-15,22H,6-9H2,1H3,(H,21,23). The van der Waals surface area contributed by atoms with Crippen molar-refractivity contribution in [3.05, 3.63) is 35.6 Å². The summed E-state index contributed by atoms with van der Waals surface area (Å²) < 4.78 is 52.8. The third-order valence-electron chi connectivity index (χ3n) is 4.07. The first-order valence-corrected chi connectivity index (χ1v) is 7.61. The van der Waals surface area contributed by atoms with Gasteiger partial charge in [-0.15, -0.1) is 0 Å². The molecule has 7 heteroatoms. The van der Waals surface area contributed by atoms with E-state index in [9.17, 15) is 22.4 Å². The predicted molar refractivity (Wildman–Crippen MR) is 78.2 cm³/mol. The maximum Gasteiger partial charge on any atom is 0.407 e. The highest BCUT2D eigenvalue weighted by Crippen LogP contribution is 2.34. The van der Waals surface area contributed by atoms with Gasteiger partial charge in [-0.3, -0.25) is 10.1 Å². The van der Waals surface area contributed by atoms with Crippen LogP contribution in [0.3, 0.4) is 0 Å². The van der Waals surface area contributed by atoms with Gasteiger partial charge in [0.2, 0.25) is 5.91 Å². The fourth-order valence-corrected chi connectivity index (χ4v) is 2.96. The molecule has 1 unspecified atom stereocenters. The molecule has 128 valence electrons. The van der Waals surface area contributed by atoms with Crippen LogP contribution < -0.4 is 10.6 Å². The summed E-state index contributed by atoms with van der Waals surface area (Å²) in [6.07, 6.45) is -2.06. The molecule has 0 spiro atoms. The largest absolute Gasteiger partial charge is 0.407 e. The number of nitrogens with one attached hydrogen (secondary N) is 2. The lowest BCUT2D eigenvalue weighted by atomic mass is 9.90. The van der Waals surface area contributed by atoms with Crippen molar-refractivity contribution in [3.8, 4) is 0 Å². The zero-order chi connectivity index (χ0) is 17.0. The Morgan fingerprint density at radius 2 is 1.61 bits per heavy atom. The molecule has 0 radical (unpaired) electrons. The van der Waals surface area contributed by atoms with E-state index >= 15 is 0 Å². The average molecular weight is 332 g/mol. The topological polar surface area (TPSA) is 41.1 Å². The third kappa shape index (κ3) is 5.20. The molecule has 3 nitrogen and oxygen atoms in total. The molecule has 1 amide bonds. The van der Waals surface area contributed by atoms with E-state index < -0.39 is 18.0 Å². The second-order valence-corrected chi connectivity index (χ2v) is 5.94. The Hall–Kier alpha value is -1.63. The molecule has 0 heterocycles. The molecule has 1 aliphatic carbocycles. The van der Waals surface area contributed by atoms with Crippen LogP contribution in [0.15, 0.2) is 24.3 Å². The number of alkyl halides is 3. The van der Waals surface area contributed by atoms with Gasteiger partial charge in [-0.05, 0) is 43.4 Å². The van der Waals surface area contributed by atoms with E-state index in [4.69, 9.17) is 0 Å². The number of benzene rings is 1. The molecule has 0 aliphatic heterocycles. The van der Waals surface area contributed by atoms with Crippen molar-refractivity contribution in [1.82, 2.24) is 10.6 Å². The first-order chi connectivity index (χ1) is 10.8. The van der Waals surface area contributed by atoms with E-state index in [1.807, 2.05) is 0 Å². The van der Waals surface area contributed by atoms with E-state index in [1.165, 1.54) is 6.92 Å². The van der Waals surface area contributed by atoms with Gasteiger partial charge in [-0.25, -0.2) is 4.39 Å². The summed E-state index contributed by atoms with van der Waals surface area (Å²) in [6, 6.07) is 2.31. The van der Waals surface area contributed by atoms with Crippen molar-refractivity contribution in [2.45, 2.75) is 56.9 Å². The molecule has 23 heavy (non-hydrogen) atoms. The minimum atomic E-state index is -4.45. The highest BCUT2D eigenvalue weighted by molar-refractivity contribution is 5.73. The second-order valence-electron chi connectivity index (χ2n) is 5.94. The minimum Gasteiger partial charge on any atom is -0.354 e. The number of hydrogen-bond acceptors (Lipinski definition) is 2. The second kappa shape index (κ2) is 7.29. The number of carbonyl (C=O) groups excluding carboxylic acids is 1. The highest BCUT2D eigenvalue weighted by Gasteiger charge is 2.42. The van der Waals surface area contributed by atoms with Gasteiger partial charge in [0.25, 0.3) is 0 Å². The van der Waals surface area contributed by atoms with Crippen LogP contribution in [0.5, 0.6) is 0 Å². The molecule has 0 aromatic heterocycles. The Balaban J connectivity index is 2.00. The Kier molecular flexibility index (Phi) is 5.62. The lowest BCUT2D eigenvalue weighted by Crippen LogP contribution is -2.45. The van der Waals surface area contributed by atoms with Gasteiger partial charge in [0, 0.05) is 19.0 Å². The van der Waals surface area contributed by atoms with Crippen LogP contribution in [0, 0.1) is 5.82 Å². The fraction of sp³-hybridized carbons (Fsp3) is 0.562. The summed E-state index contributed by atoms with van der Waals surface area (Å²) in [5, 5.41) is 5.44. The molecular weight excluding hydrogens is 312 g/mol. The third-order valence-corrected chi connectivity index (χ3v) is 4.07. The van der Waals surface area contributed by atoms with Gasteiger partial charge in [0.15, 0.2) is 0 Å². The summed E-state index contributed by atoms with van der Waals surface area (Å²) in [4.78, 5) is 11.0. The summed E-state index contributed by atoms with van der Waals surface area (Å²) in [6.45, 7) is 1.43. The van der Waals surface area contributed by atoms with Crippen LogP contribution in [0.25, 0.3) is 0 Å². The molecule has 1 atom stereocenters. The maximum absolute atomic E-state index is 13.3. The molecule has 1 aliphatic rings. The molecule has 1 aromatic carbocycles. The van der Waals surface area contributed by atoms with E-state index in [0.29, 0.717) is 25.7 Å². The Morgan fingerprint density at radius 1 is 1.09 bits per heavy atom. The molecule has 2 N–H and O–H groups in total. The van der Waals surface area contributed by atoms with Crippen molar-refractivity contribution < 1.29 is 22.4 Å². The smallest absolute Gasteiger partial charge is 0.354 e. The van der Waals surface area contributed by atoms with Crippen molar-refractivity contribution in [2.75, 3.05) is 0 Å². The molecule has 0 saturated heterocycles. The Morgan fingerprint density at radius 3 is 2.09 bits per heavy atom. The van der Waals surface area contributed by atoms with Gasteiger partial charge in [0.1, 0.15) is 11.9 Å². The van der Waals surface area contributed by atoms with E-state index in [1.54, 1.807) is 0 Å². The summed E-state index contributed by atoms with van der Waals surface area (Å²) in [5.74, 6) is -0.689. The van der Waals surface area contributed by atoms with Crippen LogP contribution in [0.1, 0.15) is 44.2 Å². The zero-order valence-electron chi connectivity index (χ0n) is 12.8. The van der Waals surface area contributed by atoms with Crippen LogP contribution in [0.2, 0.25) is 0 Å². The van der Waals surface area contributed by atoms with Gasteiger partial charge >= 0.3 is 6.18 Å². The lowest BCUT2D eigenvalue weighted by molar-refractivity contribution is -0.160. The molecule has 1 aromatic rings. The first-order valence-electron chi connectivity index (χ1n) is 7.61. The van der Waals surface area contributed by atoms with Crippen LogP contribution in [0.4, 0.5) is 17.6 Å². The Bertz CT molecular complexity index is 522. The predicted octanol–water partition coefficient (Wildman–Crippen LogP) is 3.47. The monoisotopic (exact) mass is 332 g/mol. The number of hydrogen-bond donors (Lipinski definition) is 2. The molecule has 1 saturated carbocycles. The maximum atomic E-state index is 13.3. The average Bonchev–Trinajstić information content (AvgIpc) is 2.46. The van der Waals surface area contributed by atoms with Gasteiger partial charge in [-0.2, -0.15) is 13.2 Å². The molecule has 1 fully saturated rings. The van der Waals surface area contributed by atoms with Crippen molar-refractivity contribution >= 4 is 5.91 Å². The minimum absolute atomic E-state index is 0.00267. The molecule has 2 rings (SSSR count). The number of carbonyl (C=O) groups is 1. The zero-order valence-corrected chi connectivity index (χ0v) is 12.8. The van der Waals surface area contributed by atoms with Gasteiger partial charge < -0.3 is 5.32 Å². The van der Waals surface area contributed by atoms with Crippen molar-refractivity contribution in [3.63, 3.8) is 0 Å². The summed E-state index contributed by atoms with van der Waals surface area (Å²) >= 11 is 0. The van der Waals surface area contributed by atoms with E-state index in [0.717, 1.165) is 24.3 Å². The SMILES string of the molecule is CC(=O)NC1CCC(NC(c2ccc(F)cc2)C(F)(F)F)CC1. The first kappa shape index (κ1) is 17.7. The van der Waals surface area contributed by atoms with Crippen LogP contribution in [-0.2, 0) is 4.79 Å². The number of rotatable bonds is 4. The lowest BCUT2D eigenvalue weighted by Gasteiger charge is -2.33. The molecular formula is C16H20F4N2O. The number of halogens is 4. The van der Waals surface area contributed by atoms with E-state index in [2.05, 4.69) is 10.6 Å². The normalized spacial score (nSPS) is 23.3. The van der Waals surface area contributed by atoms with Crippen molar-refractivity contribution in [2.24, 2.45) is 0 Å². The molecule has 0 bridgehead atoms.